The van der Waals surface area contributed by atoms with Crippen LogP contribution in [-0.2, 0) is 6.54 Å². The van der Waals surface area contributed by atoms with Crippen molar-refractivity contribution in [2.75, 3.05) is 5.32 Å². The van der Waals surface area contributed by atoms with E-state index in [0.717, 1.165) is 5.56 Å². The molecule has 0 aliphatic carbocycles. The van der Waals surface area contributed by atoms with Crippen LogP contribution in [0.1, 0.15) is 34.5 Å². The Morgan fingerprint density at radius 2 is 1.96 bits per heavy atom. The van der Waals surface area contributed by atoms with Gasteiger partial charge in [0.1, 0.15) is 0 Å². The number of amides is 1. The first kappa shape index (κ1) is 17.7. The number of anilines is 1. The van der Waals surface area contributed by atoms with E-state index in [0.29, 0.717) is 22.8 Å². The van der Waals surface area contributed by atoms with Crippen LogP contribution in [0.5, 0.6) is 0 Å². The largest absolute Gasteiger partial charge is 0.321 e. The summed E-state index contributed by atoms with van der Waals surface area (Å²) < 4.78 is 0. The summed E-state index contributed by atoms with van der Waals surface area (Å²) in [5.41, 5.74) is 3.57. The summed E-state index contributed by atoms with van der Waals surface area (Å²) >= 11 is 7.72. The monoisotopic (exact) mass is 370 g/mol. The fourth-order valence-corrected chi connectivity index (χ4v) is 3.30. The Morgan fingerprint density at radius 3 is 2.68 bits per heavy atom. The number of rotatable bonds is 6. The Kier molecular flexibility index (Phi) is 5.87. The molecule has 128 valence electrons. The second-order valence-electron chi connectivity index (χ2n) is 5.79. The van der Waals surface area contributed by atoms with Gasteiger partial charge in [-0.1, -0.05) is 48.0 Å². The summed E-state index contributed by atoms with van der Waals surface area (Å²) in [5.74, 6) is -0.147. The van der Waals surface area contributed by atoms with E-state index in [9.17, 15) is 4.79 Å². The van der Waals surface area contributed by atoms with Gasteiger partial charge in [-0.15, -0.1) is 0 Å². The number of halogens is 1. The first-order valence-corrected chi connectivity index (χ1v) is 9.36. The highest BCUT2D eigenvalue weighted by atomic mass is 35.5. The van der Waals surface area contributed by atoms with E-state index in [-0.39, 0.29) is 11.9 Å². The topological polar surface area (TPSA) is 41.1 Å². The van der Waals surface area contributed by atoms with Crippen LogP contribution in [0, 0.1) is 0 Å². The number of hydrogen-bond donors (Lipinski definition) is 2. The molecule has 0 radical (unpaired) electrons. The summed E-state index contributed by atoms with van der Waals surface area (Å²) in [5, 5.41) is 10.6. The average molecular weight is 371 g/mol. The molecule has 1 aromatic heterocycles. The van der Waals surface area contributed by atoms with Gasteiger partial charge in [-0.05, 0) is 41.6 Å². The van der Waals surface area contributed by atoms with Crippen LogP contribution in [0.25, 0.3) is 0 Å². The molecule has 25 heavy (non-hydrogen) atoms. The maximum Gasteiger partial charge on any atom is 0.256 e. The van der Waals surface area contributed by atoms with Crippen molar-refractivity contribution in [1.82, 2.24) is 5.32 Å². The number of nitrogens with one attached hydrogen (secondary N) is 2. The molecular formula is C20H19ClN2OS. The molecule has 0 saturated carbocycles. The lowest BCUT2D eigenvalue weighted by Crippen LogP contribution is -2.18. The fourth-order valence-electron chi connectivity index (χ4n) is 2.50. The molecule has 1 heterocycles. The number of thiophene rings is 1. The summed E-state index contributed by atoms with van der Waals surface area (Å²) in [6.07, 6.45) is 0. The van der Waals surface area contributed by atoms with Crippen LogP contribution < -0.4 is 10.6 Å². The Balaban J connectivity index is 1.66. The van der Waals surface area contributed by atoms with Crippen molar-refractivity contribution in [1.29, 1.82) is 0 Å². The van der Waals surface area contributed by atoms with Crippen molar-refractivity contribution in [3.63, 3.8) is 0 Å². The molecule has 3 nitrogen and oxygen atoms in total. The molecule has 0 aliphatic heterocycles. The molecule has 0 fully saturated rings. The van der Waals surface area contributed by atoms with Crippen LogP contribution in [0.15, 0.2) is 65.4 Å². The van der Waals surface area contributed by atoms with Crippen molar-refractivity contribution in [3.05, 3.63) is 87.1 Å². The van der Waals surface area contributed by atoms with Gasteiger partial charge in [-0.2, -0.15) is 11.3 Å². The molecule has 2 aromatic carbocycles. The molecule has 1 amide bonds. The van der Waals surface area contributed by atoms with Crippen LogP contribution in [0.3, 0.4) is 0 Å². The second-order valence-corrected chi connectivity index (χ2v) is 6.98. The van der Waals surface area contributed by atoms with E-state index >= 15 is 0 Å². The van der Waals surface area contributed by atoms with Gasteiger partial charge in [0.05, 0.1) is 16.3 Å². The summed E-state index contributed by atoms with van der Waals surface area (Å²) in [6.45, 7) is 2.82. The van der Waals surface area contributed by atoms with Crippen LogP contribution in [0.2, 0.25) is 5.02 Å². The molecule has 3 aromatic rings. The minimum absolute atomic E-state index is 0.147. The van der Waals surface area contributed by atoms with Gasteiger partial charge < -0.3 is 10.6 Å². The first-order chi connectivity index (χ1) is 12.1. The van der Waals surface area contributed by atoms with Gasteiger partial charge in [0.15, 0.2) is 0 Å². The summed E-state index contributed by atoms with van der Waals surface area (Å²) in [6, 6.07) is 18.0. The van der Waals surface area contributed by atoms with E-state index < -0.39 is 0 Å². The van der Waals surface area contributed by atoms with Crippen molar-refractivity contribution in [2.45, 2.75) is 19.5 Å². The molecule has 0 unspecified atom stereocenters. The third-order valence-corrected chi connectivity index (χ3v) is 4.99. The van der Waals surface area contributed by atoms with Crippen molar-refractivity contribution < 1.29 is 4.79 Å². The molecule has 0 aliphatic rings. The SMILES string of the molecule is C[C@@H](NCc1ccc(Cl)c(NC(=O)c2ccsc2)c1)c1ccccc1. The number of carbonyl (C=O) groups excluding carboxylic acids is 1. The molecule has 3 rings (SSSR count). The van der Waals surface area contributed by atoms with E-state index in [2.05, 4.69) is 29.7 Å². The normalized spacial score (nSPS) is 11.9. The Hall–Kier alpha value is -2.14. The van der Waals surface area contributed by atoms with Crippen LogP contribution in [-0.4, -0.2) is 5.91 Å². The van der Waals surface area contributed by atoms with E-state index in [1.165, 1.54) is 16.9 Å². The van der Waals surface area contributed by atoms with Crippen LogP contribution in [0.4, 0.5) is 5.69 Å². The molecule has 2 N–H and O–H groups in total. The van der Waals surface area contributed by atoms with E-state index in [4.69, 9.17) is 11.6 Å². The van der Waals surface area contributed by atoms with Gasteiger partial charge in [-0.3, -0.25) is 4.79 Å². The predicted octanol–water partition coefficient (Wildman–Crippen LogP) is 5.50. The van der Waals surface area contributed by atoms with Crippen molar-refractivity contribution in [2.24, 2.45) is 0 Å². The Labute approximate surface area is 156 Å². The maximum absolute atomic E-state index is 12.2. The summed E-state index contributed by atoms with van der Waals surface area (Å²) in [7, 11) is 0. The smallest absolute Gasteiger partial charge is 0.256 e. The molecule has 0 saturated heterocycles. The van der Waals surface area contributed by atoms with E-state index in [1.807, 2.05) is 47.2 Å². The van der Waals surface area contributed by atoms with Crippen molar-refractivity contribution in [3.8, 4) is 0 Å². The number of carbonyl (C=O) groups is 1. The van der Waals surface area contributed by atoms with Crippen molar-refractivity contribution >= 4 is 34.5 Å². The predicted molar refractivity (Wildman–Crippen MR) is 105 cm³/mol. The lowest BCUT2D eigenvalue weighted by molar-refractivity contribution is 0.102. The Morgan fingerprint density at radius 1 is 1.16 bits per heavy atom. The lowest BCUT2D eigenvalue weighted by Gasteiger charge is -2.15. The molecular weight excluding hydrogens is 352 g/mol. The number of benzene rings is 2. The minimum Gasteiger partial charge on any atom is -0.321 e. The zero-order chi connectivity index (χ0) is 17.6. The fraction of sp³-hybridized carbons (Fsp3) is 0.150. The van der Waals surface area contributed by atoms with Gasteiger partial charge in [0.25, 0.3) is 5.91 Å². The van der Waals surface area contributed by atoms with Gasteiger partial charge >= 0.3 is 0 Å². The highest BCUT2D eigenvalue weighted by Crippen LogP contribution is 2.24. The number of hydrogen-bond acceptors (Lipinski definition) is 3. The summed E-state index contributed by atoms with van der Waals surface area (Å²) in [4.78, 5) is 12.2. The molecule has 5 heteroatoms. The maximum atomic E-state index is 12.2. The lowest BCUT2D eigenvalue weighted by atomic mass is 10.1. The third-order valence-electron chi connectivity index (χ3n) is 3.97. The first-order valence-electron chi connectivity index (χ1n) is 8.04. The zero-order valence-electron chi connectivity index (χ0n) is 13.8. The second kappa shape index (κ2) is 8.30. The van der Waals surface area contributed by atoms with Gasteiger partial charge in [0, 0.05) is 18.0 Å². The van der Waals surface area contributed by atoms with E-state index in [1.54, 1.807) is 6.07 Å². The quantitative estimate of drug-likeness (QED) is 0.601. The van der Waals surface area contributed by atoms with Crippen LogP contribution >= 0.6 is 22.9 Å². The Bertz CT molecular complexity index is 834. The highest BCUT2D eigenvalue weighted by Gasteiger charge is 2.10. The van der Waals surface area contributed by atoms with Gasteiger partial charge in [0.2, 0.25) is 0 Å². The highest BCUT2D eigenvalue weighted by molar-refractivity contribution is 7.08. The van der Waals surface area contributed by atoms with Gasteiger partial charge in [-0.25, -0.2) is 0 Å². The zero-order valence-corrected chi connectivity index (χ0v) is 15.4. The molecule has 0 bridgehead atoms. The molecule has 1 atom stereocenters. The average Bonchev–Trinajstić information content (AvgIpc) is 3.17. The standard InChI is InChI=1S/C20H19ClN2OS/c1-14(16-5-3-2-4-6-16)22-12-15-7-8-18(21)19(11-15)23-20(24)17-9-10-25-13-17/h2-11,13-14,22H,12H2,1H3,(H,23,24)/t14-/m1/s1. The molecule has 0 spiro atoms. The third kappa shape index (κ3) is 4.69. The minimum atomic E-state index is -0.147.